The molecule has 6 heteroatoms. The average Bonchev–Trinajstić information content (AvgIpc) is 2.28. The van der Waals surface area contributed by atoms with Gasteiger partial charge in [0.25, 0.3) is 5.91 Å². The summed E-state index contributed by atoms with van der Waals surface area (Å²) in [7, 11) is 0. The van der Waals surface area contributed by atoms with E-state index in [1.807, 2.05) is 0 Å². The highest BCUT2D eigenvalue weighted by molar-refractivity contribution is 9.10. The van der Waals surface area contributed by atoms with E-state index in [2.05, 4.69) is 32.2 Å². The molecule has 0 bridgehead atoms. The summed E-state index contributed by atoms with van der Waals surface area (Å²) in [4.78, 5) is 26.4. The number of amides is 1. The lowest BCUT2D eigenvalue weighted by atomic mass is 10.2. The van der Waals surface area contributed by atoms with Crippen molar-refractivity contribution in [2.24, 2.45) is 0 Å². The highest BCUT2D eigenvalue weighted by Gasteiger charge is 2.21. The maximum absolute atomic E-state index is 11.7. The van der Waals surface area contributed by atoms with Gasteiger partial charge in [0.1, 0.15) is 11.7 Å². The maximum Gasteiger partial charge on any atom is 0.327 e. The van der Waals surface area contributed by atoms with Gasteiger partial charge in [-0.3, -0.25) is 4.79 Å². The third-order valence-corrected chi connectivity index (χ3v) is 2.54. The zero-order valence-corrected chi connectivity index (χ0v) is 10.3. The fourth-order valence-electron chi connectivity index (χ4n) is 1.10. The van der Waals surface area contributed by atoms with Crippen molar-refractivity contribution in [3.8, 4) is 12.3 Å². The number of aliphatic carboxylic acids is 1. The number of rotatable bonds is 4. The highest BCUT2D eigenvalue weighted by Crippen LogP contribution is 2.13. The first kappa shape index (κ1) is 13.2. The minimum absolute atomic E-state index is 0.0779. The number of carbonyl (C=O) groups excluding carboxylic acids is 1. The molecule has 1 aromatic heterocycles. The maximum atomic E-state index is 11.7. The number of nitrogens with zero attached hydrogens (tertiary/aromatic N) is 1. The van der Waals surface area contributed by atoms with E-state index in [0.717, 1.165) is 0 Å². The molecule has 0 aliphatic rings. The first-order chi connectivity index (χ1) is 8.06. The van der Waals surface area contributed by atoms with Gasteiger partial charge in [0, 0.05) is 17.1 Å². The van der Waals surface area contributed by atoms with Crippen LogP contribution in [0.15, 0.2) is 22.8 Å². The smallest absolute Gasteiger partial charge is 0.327 e. The number of hydrogen-bond acceptors (Lipinski definition) is 3. The normalized spacial score (nSPS) is 11.3. The number of aromatic nitrogens is 1. The van der Waals surface area contributed by atoms with Crippen molar-refractivity contribution >= 4 is 27.8 Å². The molecule has 0 saturated heterocycles. The first-order valence-electron chi connectivity index (χ1n) is 4.64. The van der Waals surface area contributed by atoms with Crippen LogP contribution in [0.4, 0.5) is 0 Å². The summed E-state index contributed by atoms with van der Waals surface area (Å²) in [6.45, 7) is 0. The Hall–Kier alpha value is -1.87. The topological polar surface area (TPSA) is 79.3 Å². The summed E-state index contributed by atoms with van der Waals surface area (Å²) in [6.07, 6.45) is 6.39. The summed E-state index contributed by atoms with van der Waals surface area (Å²) in [5, 5.41) is 11.1. The van der Waals surface area contributed by atoms with Gasteiger partial charge in [-0.15, -0.1) is 12.3 Å². The largest absolute Gasteiger partial charge is 0.480 e. The van der Waals surface area contributed by atoms with Gasteiger partial charge in [0.2, 0.25) is 0 Å². The monoisotopic (exact) mass is 296 g/mol. The molecule has 1 unspecified atom stereocenters. The third kappa shape index (κ3) is 3.57. The Bertz CT molecular complexity index is 482. The van der Waals surface area contributed by atoms with Crippen LogP contribution in [-0.4, -0.2) is 28.0 Å². The number of carbonyl (C=O) groups is 2. The lowest BCUT2D eigenvalue weighted by molar-refractivity contribution is -0.139. The van der Waals surface area contributed by atoms with Gasteiger partial charge in [0.15, 0.2) is 0 Å². The predicted molar refractivity (Wildman–Crippen MR) is 64.3 cm³/mol. The van der Waals surface area contributed by atoms with E-state index in [-0.39, 0.29) is 12.1 Å². The molecule has 1 heterocycles. The molecule has 5 nitrogen and oxygen atoms in total. The Morgan fingerprint density at radius 1 is 1.65 bits per heavy atom. The van der Waals surface area contributed by atoms with Gasteiger partial charge in [-0.2, -0.15) is 0 Å². The van der Waals surface area contributed by atoms with Gasteiger partial charge in [-0.1, -0.05) is 0 Å². The number of halogens is 1. The van der Waals surface area contributed by atoms with Gasteiger partial charge in [-0.25, -0.2) is 9.78 Å². The molecular weight excluding hydrogens is 288 g/mol. The van der Waals surface area contributed by atoms with Gasteiger partial charge >= 0.3 is 5.97 Å². The predicted octanol–water partition coefficient (Wildman–Crippen LogP) is 1.05. The summed E-state index contributed by atoms with van der Waals surface area (Å²) < 4.78 is 0.488. The molecule has 1 aromatic rings. The van der Waals surface area contributed by atoms with Crippen LogP contribution in [0.5, 0.6) is 0 Å². The van der Waals surface area contributed by atoms with E-state index in [0.29, 0.717) is 4.47 Å². The van der Waals surface area contributed by atoms with Crippen molar-refractivity contribution < 1.29 is 14.7 Å². The van der Waals surface area contributed by atoms with Gasteiger partial charge < -0.3 is 10.4 Å². The molecule has 1 rings (SSSR count). The van der Waals surface area contributed by atoms with E-state index in [9.17, 15) is 9.59 Å². The number of carboxylic acid groups (broad SMARTS) is 1. The standard InChI is InChI=1S/C11H9BrN2O3/c1-2-4-8(11(16)17)14-10(15)9-7(12)5-3-6-13-9/h1,3,5-6,8H,4H2,(H,14,15)(H,16,17). The average molecular weight is 297 g/mol. The second-order valence-electron chi connectivity index (χ2n) is 3.11. The van der Waals surface area contributed by atoms with Crippen LogP contribution < -0.4 is 5.32 Å². The minimum Gasteiger partial charge on any atom is -0.480 e. The van der Waals surface area contributed by atoms with Crippen molar-refractivity contribution in [2.75, 3.05) is 0 Å². The molecule has 0 spiro atoms. The summed E-state index contributed by atoms with van der Waals surface area (Å²) in [5.41, 5.74) is 0.121. The second kappa shape index (κ2) is 6.01. The quantitative estimate of drug-likeness (QED) is 0.814. The summed E-state index contributed by atoms with van der Waals surface area (Å²) in [6, 6.07) is 2.18. The molecule has 0 radical (unpaired) electrons. The Morgan fingerprint density at radius 3 is 2.88 bits per heavy atom. The number of hydrogen-bond donors (Lipinski definition) is 2. The van der Waals surface area contributed by atoms with E-state index in [1.54, 1.807) is 12.1 Å². The Balaban J connectivity index is 2.82. The van der Waals surface area contributed by atoms with Crippen LogP contribution in [0.3, 0.4) is 0 Å². The van der Waals surface area contributed by atoms with E-state index >= 15 is 0 Å². The number of carboxylic acids is 1. The minimum atomic E-state index is -1.18. The summed E-state index contributed by atoms with van der Waals surface area (Å²) >= 11 is 3.15. The van der Waals surface area contributed by atoms with Crippen molar-refractivity contribution in [1.82, 2.24) is 10.3 Å². The van der Waals surface area contributed by atoms with E-state index < -0.39 is 17.9 Å². The fourth-order valence-corrected chi connectivity index (χ4v) is 1.53. The van der Waals surface area contributed by atoms with Crippen molar-refractivity contribution in [1.29, 1.82) is 0 Å². The van der Waals surface area contributed by atoms with Crippen LogP contribution in [0.2, 0.25) is 0 Å². The number of terminal acetylenes is 1. The van der Waals surface area contributed by atoms with Crippen LogP contribution in [0, 0.1) is 12.3 Å². The van der Waals surface area contributed by atoms with E-state index in [4.69, 9.17) is 11.5 Å². The fraction of sp³-hybridized carbons (Fsp3) is 0.182. The third-order valence-electron chi connectivity index (χ3n) is 1.90. The molecule has 88 valence electrons. The Kier molecular flexibility index (Phi) is 4.67. The molecule has 1 atom stereocenters. The molecule has 2 N–H and O–H groups in total. The molecule has 0 aliphatic carbocycles. The molecule has 0 fully saturated rings. The number of nitrogens with one attached hydrogen (secondary N) is 1. The van der Waals surface area contributed by atoms with E-state index in [1.165, 1.54) is 6.20 Å². The molecule has 1 amide bonds. The lowest BCUT2D eigenvalue weighted by Gasteiger charge is -2.11. The Labute approximate surface area is 106 Å². The zero-order chi connectivity index (χ0) is 12.8. The van der Waals surface area contributed by atoms with Gasteiger partial charge in [0.05, 0.1) is 0 Å². The van der Waals surface area contributed by atoms with Crippen LogP contribution in [0.1, 0.15) is 16.9 Å². The molecule has 0 aromatic carbocycles. The zero-order valence-electron chi connectivity index (χ0n) is 8.68. The lowest BCUT2D eigenvalue weighted by Crippen LogP contribution is -2.40. The molecule has 17 heavy (non-hydrogen) atoms. The van der Waals surface area contributed by atoms with Crippen LogP contribution in [0.25, 0.3) is 0 Å². The molecular formula is C11H9BrN2O3. The molecule has 0 saturated carbocycles. The number of pyridine rings is 1. The highest BCUT2D eigenvalue weighted by atomic mass is 79.9. The van der Waals surface area contributed by atoms with Crippen molar-refractivity contribution in [3.63, 3.8) is 0 Å². The Morgan fingerprint density at radius 2 is 2.35 bits per heavy atom. The van der Waals surface area contributed by atoms with Gasteiger partial charge in [-0.05, 0) is 28.1 Å². The second-order valence-corrected chi connectivity index (χ2v) is 3.96. The van der Waals surface area contributed by atoms with Crippen LogP contribution >= 0.6 is 15.9 Å². The first-order valence-corrected chi connectivity index (χ1v) is 5.43. The van der Waals surface area contributed by atoms with Crippen LogP contribution in [-0.2, 0) is 4.79 Å². The molecule has 0 aliphatic heterocycles. The van der Waals surface area contributed by atoms with Crippen molar-refractivity contribution in [3.05, 3.63) is 28.5 Å². The SMILES string of the molecule is C#CCC(NC(=O)c1ncccc1Br)C(=O)O. The van der Waals surface area contributed by atoms with Crippen molar-refractivity contribution in [2.45, 2.75) is 12.5 Å². The summed E-state index contributed by atoms with van der Waals surface area (Å²) in [5.74, 6) is 0.432.